The summed E-state index contributed by atoms with van der Waals surface area (Å²) in [6.07, 6.45) is 5.99. The zero-order chi connectivity index (χ0) is 15.9. The van der Waals surface area contributed by atoms with Crippen molar-refractivity contribution in [2.24, 2.45) is 0 Å². The molecule has 0 unspecified atom stereocenters. The van der Waals surface area contributed by atoms with E-state index >= 15 is 0 Å². The second-order valence-electron chi connectivity index (χ2n) is 6.07. The van der Waals surface area contributed by atoms with Crippen molar-refractivity contribution in [3.8, 4) is 0 Å². The Kier molecular flexibility index (Phi) is 5.76. The van der Waals surface area contributed by atoms with Gasteiger partial charge >= 0.3 is 0 Å². The van der Waals surface area contributed by atoms with Crippen LogP contribution in [0, 0.1) is 0 Å². The first-order valence-corrected chi connectivity index (χ1v) is 9.28. The molecule has 0 aromatic heterocycles. The van der Waals surface area contributed by atoms with Gasteiger partial charge in [0.2, 0.25) is 5.91 Å². The maximum Gasteiger partial charge on any atom is 0.238 e. The summed E-state index contributed by atoms with van der Waals surface area (Å²) in [5.74, 6) is 0.136. The van der Waals surface area contributed by atoms with Crippen molar-refractivity contribution in [3.63, 3.8) is 0 Å². The number of carbonyl (C=O) groups excluding carboxylic acids is 1. The lowest BCUT2D eigenvalue weighted by Crippen LogP contribution is -2.38. The molecule has 0 radical (unpaired) electrons. The van der Waals surface area contributed by atoms with Crippen LogP contribution in [0.4, 0.5) is 0 Å². The zero-order valence-electron chi connectivity index (χ0n) is 13.3. The number of carbonyl (C=O) groups is 1. The molecule has 0 heterocycles. The Morgan fingerprint density at radius 3 is 2.17 bits per heavy atom. The molecule has 120 valence electrons. The monoisotopic (exact) mass is 325 g/mol. The van der Waals surface area contributed by atoms with Gasteiger partial charge in [-0.1, -0.05) is 67.8 Å². The van der Waals surface area contributed by atoms with E-state index in [-0.39, 0.29) is 11.2 Å². The molecule has 1 amide bonds. The van der Waals surface area contributed by atoms with Crippen LogP contribution in [0.25, 0.3) is 0 Å². The number of amides is 1. The predicted octanol–water partition coefficient (Wildman–Crippen LogP) is 4.97. The minimum absolute atomic E-state index is 0.136. The molecule has 0 aliphatic heterocycles. The normalized spacial score (nSPS) is 16.7. The van der Waals surface area contributed by atoms with E-state index in [0.717, 1.165) is 23.3 Å². The van der Waals surface area contributed by atoms with Gasteiger partial charge in [-0.2, -0.15) is 0 Å². The zero-order valence-corrected chi connectivity index (χ0v) is 14.1. The number of thioether (sulfide) groups is 1. The summed E-state index contributed by atoms with van der Waals surface area (Å²) in [7, 11) is 0. The van der Waals surface area contributed by atoms with Crippen LogP contribution in [-0.2, 0) is 4.79 Å². The highest BCUT2D eigenvalue weighted by Gasteiger charge is 2.25. The molecule has 23 heavy (non-hydrogen) atoms. The van der Waals surface area contributed by atoms with Gasteiger partial charge in [0.25, 0.3) is 0 Å². The standard InChI is InChI=1S/C20H23NOS/c22-20(21-17-12-6-2-7-13-17)19(16-10-4-1-5-11-16)23-18-14-8-3-9-15-18/h1,3-5,8-11,14-15,17,19H,2,6-7,12-13H2,(H,21,22)/t19-/m0/s1. The van der Waals surface area contributed by atoms with E-state index in [1.165, 1.54) is 19.3 Å². The Labute approximate surface area is 142 Å². The Hall–Kier alpha value is -1.74. The van der Waals surface area contributed by atoms with Gasteiger partial charge in [0.1, 0.15) is 5.25 Å². The molecule has 1 aliphatic carbocycles. The van der Waals surface area contributed by atoms with Gasteiger partial charge in [0, 0.05) is 10.9 Å². The fourth-order valence-electron chi connectivity index (χ4n) is 3.06. The lowest BCUT2D eigenvalue weighted by atomic mass is 9.95. The topological polar surface area (TPSA) is 29.1 Å². The van der Waals surface area contributed by atoms with Gasteiger partial charge in [-0.05, 0) is 30.5 Å². The van der Waals surface area contributed by atoms with Crippen LogP contribution in [0.5, 0.6) is 0 Å². The van der Waals surface area contributed by atoms with E-state index in [2.05, 4.69) is 17.4 Å². The molecule has 1 aliphatic rings. The minimum atomic E-state index is -0.194. The fraction of sp³-hybridized carbons (Fsp3) is 0.350. The molecule has 3 heteroatoms. The van der Waals surface area contributed by atoms with Gasteiger partial charge < -0.3 is 5.32 Å². The van der Waals surface area contributed by atoms with E-state index in [0.29, 0.717) is 6.04 Å². The van der Waals surface area contributed by atoms with Crippen LogP contribution in [0.2, 0.25) is 0 Å². The fourth-order valence-corrected chi connectivity index (χ4v) is 4.11. The summed E-state index contributed by atoms with van der Waals surface area (Å²) in [6.45, 7) is 0. The average Bonchev–Trinajstić information content (AvgIpc) is 2.62. The lowest BCUT2D eigenvalue weighted by Gasteiger charge is -2.25. The maximum atomic E-state index is 12.9. The maximum absolute atomic E-state index is 12.9. The third-order valence-electron chi connectivity index (χ3n) is 4.29. The number of hydrogen-bond acceptors (Lipinski definition) is 2. The molecule has 1 N–H and O–H groups in total. The smallest absolute Gasteiger partial charge is 0.238 e. The molecule has 0 bridgehead atoms. The predicted molar refractivity (Wildman–Crippen MR) is 96.5 cm³/mol. The van der Waals surface area contributed by atoms with E-state index in [1.54, 1.807) is 11.8 Å². The molecule has 0 saturated heterocycles. The molecule has 0 spiro atoms. The van der Waals surface area contributed by atoms with Crippen molar-refractivity contribution in [1.29, 1.82) is 0 Å². The third kappa shape index (κ3) is 4.61. The minimum Gasteiger partial charge on any atom is -0.352 e. The number of hydrogen-bond donors (Lipinski definition) is 1. The summed E-state index contributed by atoms with van der Waals surface area (Å²) in [4.78, 5) is 14.0. The van der Waals surface area contributed by atoms with Gasteiger partial charge in [0.05, 0.1) is 0 Å². The van der Waals surface area contributed by atoms with Gasteiger partial charge in [-0.15, -0.1) is 11.8 Å². The van der Waals surface area contributed by atoms with E-state index in [9.17, 15) is 4.79 Å². The van der Waals surface area contributed by atoms with Crippen molar-refractivity contribution >= 4 is 17.7 Å². The van der Waals surface area contributed by atoms with Crippen LogP contribution < -0.4 is 5.32 Å². The van der Waals surface area contributed by atoms with Crippen molar-refractivity contribution < 1.29 is 4.79 Å². The summed E-state index contributed by atoms with van der Waals surface area (Å²) in [5.41, 5.74) is 1.06. The number of benzene rings is 2. The summed E-state index contributed by atoms with van der Waals surface area (Å²) in [6, 6.07) is 20.6. The Bertz CT molecular complexity index is 608. The summed E-state index contributed by atoms with van der Waals surface area (Å²) < 4.78 is 0. The van der Waals surface area contributed by atoms with Crippen LogP contribution in [-0.4, -0.2) is 11.9 Å². The Balaban J connectivity index is 1.75. The number of nitrogens with one attached hydrogen (secondary N) is 1. The molecule has 1 saturated carbocycles. The third-order valence-corrected chi connectivity index (χ3v) is 5.56. The van der Waals surface area contributed by atoms with E-state index in [4.69, 9.17) is 0 Å². The highest BCUT2D eigenvalue weighted by Crippen LogP contribution is 2.35. The van der Waals surface area contributed by atoms with Crippen LogP contribution >= 0.6 is 11.8 Å². The van der Waals surface area contributed by atoms with Crippen LogP contribution in [0.1, 0.15) is 42.9 Å². The molecule has 1 fully saturated rings. The number of rotatable bonds is 5. The first-order valence-electron chi connectivity index (χ1n) is 8.40. The second kappa shape index (κ2) is 8.21. The van der Waals surface area contributed by atoms with Gasteiger partial charge in [-0.3, -0.25) is 4.79 Å². The summed E-state index contributed by atoms with van der Waals surface area (Å²) >= 11 is 1.63. The SMILES string of the molecule is O=C(NC1CCCCC1)[C@@H](Sc1ccccc1)c1ccccc1. The van der Waals surface area contributed by atoms with Crippen molar-refractivity contribution in [2.45, 2.75) is 48.3 Å². The van der Waals surface area contributed by atoms with Crippen molar-refractivity contribution in [1.82, 2.24) is 5.32 Å². The lowest BCUT2D eigenvalue weighted by molar-refractivity contribution is -0.121. The van der Waals surface area contributed by atoms with E-state index in [1.807, 2.05) is 48.5 Å². The molecule has 2 aromatic carbocycles. The molecule has 2 nitrogen and oxygen atoms in total. The molecule has 1 atom stereocenters. The molecule has 3 rings (SSSR count). The Morgan fingerprint density at radius 2 is 1.52 bits per heavy atom. The summed E-state index contributed by atoms with van der Waals surface area (Å²) in [5, 5.41) is 3.08. The first-order chi connectivity index (χ1) is 11.3. The first kappa shape index (κ1) is 16.1. The van der Waals surface area contributed by atoms with Crippen molar-refractivity contribution in [3.05, 3.63) is 66.2 Å². The largest absolute Gasteiger partial charge is 0.352 e. The molecule has 2 aromatic rings. The van der Waals surface area contributed by atoms with E-state index < -0.39 is 0 Å². The quantitative estimate of drug-likeness (QED) is 0.786. The van der Waals surface area contributed by atoms with Gasteiger partial charge in [-0.25, -0.2) is 0 Å². The Morgan fingerprint density at radius 1 is 0.913 bits per heavy atom. The van der Waals surface area contributed by atoms with Crippen molar-refractivity contribution in [2.75, 3.05) is 0 Å². The average molecular weight is 325 g/mol. The molecular weight excluding hydrogens is 302 g/mol. The highest BCUT2D eigenvalue weighted by atomic mass is 32.2. The molecular formula is C20H23NOS. The second-order valence-corrected chi connectivity index (χ2v) is 7.24. The van der Waals surface area contributed by atoms with Crippen LogP contribution in [0.15, 0.2) is 65.6 Å². The van der Waals surface area contributed by atoms with Gasteiger partial charge in [0.15, 0.2) is 0 Å². The highest BCUT2D eigenvalue weighted by molar-refractivity contribution is 8.00. The van der Waals surface area contributed by atoms with Crippen LogP contribution in [0.3, 0.4) is 0 Å².